The van der Waals surface area contributed by atoms with Crippen molar-refractivity contribution in [2.24, 2.45) is 0 Å². The number of nitrogens with one attached hydrogen (secondary N) is 1. The van der Waals surface area contributed by atoms with Crippen molar-refractivity contribution in [2.75, 3.05) is 4.72 Å². The van der Waals surface area contributed by atoms with E-state index in [4.69, 9.17) is 0 Å². The molecule has 3 aromatic rings. The molecule has 25 heavy (non-hydrogen) atoms. The monoisotopic (exact) mass is 359 g/mol. The topological polar surface area (TPSA) is 72.0 Å². The van der Waals surface area contributed by atoms with Crippen LogP contribution >= 0.6 is 0 Å². The highest BCUT2D eigenvalue weighted by Gasteiger charge is 2.19. The summed E-state index contributed by atoms with van der Waals surface area (Å²) in [4.78, 5) is 8.38. The Morgan fingerprint density at radius 2 is 1.48 bits per heavy atom. The van der Waals surface area contributed by atoms with Crippen molar-refractivity contribution in [1.29, 1.82) is 0 Å². The zero-order valence-electron chi connectivity index (χ0n) is 15.3. The standard InChI is InChI=1S/C15H13N3O2S.2C2H6/c1-11-5-2-3-6-12(11)18-21(19,20)14-8-4-7-13-15(14)17-10-9-16-13;2*1-2/h2-10,18H,1H3;2*1-2H3. The lowest BCUT2D eigenvalue weighted by Gasteiger charge is -2.11. The highest BCUT2D eigenvalue weighted by molar-refractivity contribution is 7.93. The van der Waals surface area contributed by atoms with E-state index in [9.17, 15) is 8.42 Å². The number of nitrogens with zero attached hydrogens (tertiary/aromatic N) is 2. The SMILES string of the molecule is CC.CC.Cc1ccccc1NS(=O)(=O)c1cccc2nccnc12. The molecule has 0 aliphatic heterocycles. The van der Waals surface area contributed by atoms with Gasteiger partial charge in [-0.2, -0.15) is 0 Å². The Bertz CT molecular complexity index is 904. The third-order valence-corrected chi connectivity index (χ3v) is 4.54. The van der Waals surface area contributed by atoms with E-state index in [1.807, 2.05) is 46.8 Å². The van der Waals surface area contributed by atoms with E-state index in [1.165, 1.54) is 18.5 Å². The van der Waals surface area contributed by atoms with Gasteiger partial charge in [0, 0.05) is 12.4 Å². The highest BCUT2D eigenvalue weighted by Crippen LogP contribution is 2.23. The third-order valence-electron chi connectivity index (χ3n) is 3.14. The molecular weight excluding hydrogens is 334 g/mol. The molecule has 6 heteroatoms. The van der Waals surface area contributed by atoms with Crippen LogP contribution in [0.1, 0.15) is 33.3 Å². The largest absolute Gasteiger partial charge is 0.279 e. The molecular formula is C19H25N3O2S. The van der Waals surface area contributed by atoms with Crippen LogP contribution in [-0.2, 0) is 10.0 Å². The fraction of sp³-hybridized carbons (Fsp3) is 0.263. The van der Waals surface area contributed by atoms with Crippen molar-refractivity contribution in [2.45, 2.75) is 39.5 Å². The first-order valence-corrected chi connectivity index (χ1v) is 9.84. The van der Waals surface area contributed by atoms with Crippen LogP contribution in [-0.4, -0.2) is 18.4 Å². The number of hydrogen-bond acceptors (Lipinski definition) is 4. The van der Waals surface area contributed by atoms with Gasteiger partial charge in [0.25, 0.3) is 10.0 Å². The Labute approximate surface area is 150 Å². The number of fused-ring (bicyclic) bond motifs is 1. The fourth-order valence-corrected chi connectivity index (χ4v) is 3.37. The summed E-state index contributed by atoms with van der Waals surface area (Å²) in [5.74, 6) is 0. The number of rotatable bonds is 3. The lowest BCUT2D eigenvalue weighted by molar-refractivity contribution is 0.602. The maximum absolute atomic E-state index is 12.6. The Balaban J connectivity index is 0.000000730. The Morgan fingerprint density at radius 3 is 2.16 bits per heavy atom. The van der Waals surface area contributed by atoms with Gasteiger partial charge in [0.1, 0.15) is 10.4 Å². The van der Waals surface area contributed by atoms with Crippen LogP contribution in [0.25, 0.3) is 11.0 Å². The van der Waals surface area contributed by atoms with E-state index >= 15 is 0 Å². The molecule has 134 valence electrons. The van der Waals surface area contributed by atoms with Crippen LogP contribution in [0.15, 0.2) is 59.8 Å². The molecule has 0 aliphatic carbocycles. The molecule has 0 radical (unpaired) electrons. The molecule has 1 aromatic heterocycles. The van der Waals surface area contributed by atoms with Gasteiger partial charge in [-0.25, -0.2) is 8.42 Å². The normalized spacial score (nSPS) is 10.1. The van der Waals surface area contributed by atoms with Crippen molar-refractivity contribution in [3.05, 3.63) is 60.4 Å². The lowest BCUT2D eigenvalue weighted by Crippen LogP contribution is -2.14. The lowest BCUT2D eigenvalue weighted by atomic mass is 10.2. The number of anilines is 1. The summed E-state index contributed by atoms with van der Waals surface area (Å²) in [5.41, 5.74) is 2.32. The van der Waals surface area contributed by atoms with Crippen molar-refractivity contribution in [1.82, 2.24) is 9.97 Å². The maximum Gasteiger partial charge on any atom is 0.264 e. The molecule has 0 atom stereocenters. The Hall–Kier alpha value is -2.47. The second kappa shape index (κ2) is 9.74. The first kappa shape index (κ1) is 20.6. The molecule has 0 amide bonds. The van der Waals surface area contributed by atoms with E-state index in [0.29, 0.717) is 16.7 Å². The average Bonchev–Trinajstić information content (AvgIpc) is 2.66. The minimum absolute atomic E-state index is 0.122. The van der Waals surface area contributed by atoms with Gasteiger partial charge in [0.15, 0.2) is 0 Å². The van der Waals surface area contributed by atoms with Gasteiger partial charge in [-0.3, -0.25) is 14.7 Å². The first-order valence-electron chi connectivity index (χ1n) is 8.36. The van der Waals surface area contributed by atoms with Crippen LogP contribution in [0.4, 0.5) is 5.69 Å². The van der Waals surface area contributed by atoms with Crippen molar-refractivity contribution in [3.8, 4) is 0 Å². The van der Waals surface area contributed by atoms with Crippen molar-refractivity contribution >= 4 is 26.7 Å². The summed E-state index contributed by atoms with van der Waals surface area (Å²) in [7, 11) is -3.71. The summed E-state index contributed by atoms with van der Waals surface area (Å²) in [6, 6.07) is 12.1. The van der Waals surface area contributed by atoms with Gasteiger partial charge in [0.2, 0.25) is 0 Å². The van der Waals surface area contributed by atoms with E-state index in [-0.39, 0.29) is 4.90 Å². The summed E-state index contributed by atoms with van der Waals surface area (Å²) < 4.78 is 27.8. The molecule has 1 heterocycles. The number of aryl methyl sites for hydroxylation is 1. The molecule has 0 fully saturated rings. The molecule has 0 saturated heterocycles. The number of sulfonamides is 1. The predicted molar refractivity (Wildman–Crippen MR) is 104 cm³/mol. The summed E-state index contributed by atoms with van der Waals surface area (Å²) in [5, 5.41) is 0. The van der Waals surface area contributed by atoms with Crippen LogP contribution in [0, 0.1) is 6.92 Å². The van der Waals surface area contributed by atoms with E-state index in [2.05, 4.69) is 14.7 Å². The van der Waals surface area contributed by atoms with Gasteiger partial charge < -0.3 is 0 Å². The fourth-order valence-electron chi connectivity index (χ4n) is 2.07. The second-order valence-corrected chi connectivity index (χ2v) is 6.25. The summed E-state index contributed by atoms with van der Waals surface area (Å²) in [6.45, 7) is 9.85. The zero-order valence-corrected chi connectivity index (χ0v) is 16.1. The molecule has 1 N–H and O–H groups in total. The number of benzene rings is 2. The molecule has 3 rings (SSSR count). The summed E-state index contributed by atoms with van der Waals surface area (Å²) >= 11 is 0. The third kappa shape index (κ3) is 5.00. The van der Waals surface area contributed by atoms with Gasteiger partial charge in [-0.15, -0.1) is 0 Å². The number of aromatic nitrogens is 2. The Morgan fingerprint density at radius 1 is 0.840 bits per heavy atom. The summed E-state index contributed by atoms with van der Waals surface area (Å²) in [6.07, 6.45) is 3.02. The molecule has 2 aromatic carbocycles. The predicted octanol–water partition coefficient (Wildman–Crippen LogP) is 4.79. The molecule has 0 spiro atoms. The highest BCUT2D eigenvalue weighted by atomic mass is 32.2. The van der Waals surface area contributed by atoms with Crippen molar-refractivity contribution < 1.29 is 8.42 Å². The number of para-hydroxylation sites is 2. The molecule has 0 unspecified atom stereocenters. The second-order valence-electron chi connectivity index (χ2n) is 4.60. The van der Waals surface area contributed by atoms with Gasteiger partial charge in [0.05, 0.1) is 11.2 Å². The minimum Gasteiger partial charge on any atom is -0.279 e. The zero-order chi connectivity index (χ0) is 18.9. The van der Waals surface area contributed by atoms with Gasteiger partial charge >= 0.3 is 0 Å². The van der Waals surface area contributed by atoms with Gasteiger partial charge in [-0.05, 0) is 30.7 Å². The molecule has 0 bridgehead atoms. The van der Waals surface area contributed by atoms with E-state index in [0.717, 1.165) is 5.56 Å². The molecule has 0 aliphatic rings. The average molecular weight is 359 g/mol. The Kier molecular flexibility index (Phi) is 8.01. The van der Waals surface area contributed by atoms with E-state index < -0.39 is 10.0 Å². The van der Waals surface area contributed by atoms with Crippen LogP contribution in [0.3, 0.4) is 0 Å². The first-order chi connectivity index (χ1) is 12.1. The quantitative estimate of drug-likeness (QED) is 0.729. The smallest absolute Gasteiger partial charge is 0.264 e. The maximum atomic E-state index is 12.6. The number of hydrogen-bond donors (Lipinski definition) is 1. The van der Waals surface area contributed by atoms with E-state index in [1.54, 1.807) is 24.3 Å². The van der Waals surface area contributed by atoms with Gasteiger partial charge in [-0.1, -0.05) is 52.0 Å². The molecule has 5 nitrogen and oxygen atoms in total. The van der Waals surface area contributed by atoms with Crippen LogP contribution < -0.4 is 4.72 Å². The van der Waals surface area contributed by atoms with Crippen molar-refractivity contribution in [3.63, 3.8) is 0 Å². The van der Waals surface area contributed by atoms with Crippen LogP contribution in [0.5, 0.6) is 0 Å². The molecule has 0 saturated carbocycles. The minimum atomic E-state index is -3.71. The van der Waals surface area contributed by atoms with Crippen LogP contribution in [0.2, 0.25) is 0 Å².